The molecule has 128 valence electrons. The molecule has 3 aromatic rings. The highest BCUT2D eigenvalue weighted by atomic mass is 32.2. The van der Waals surface area contributed by atoms with Crippen molar-refractivity contribution in [3.05, 3.63) is 72.2 Å². The van der Waals surface area contributed by atoms with Crippen LogP contribution in [0, 0.1) is 17.1 Å². The summed E-state index contributed by atoms with van der Waals surface area (Å²) < 4.78 is 39.9. The monoisotopic (exact) mass is 360 g/mol. The molecule has 0 atom stereocenters. The van der Waals surface area contributed by atoms with Crippen LogP contribution in [-0.4, -0.2) is 22.8 Å². The molecule has 0 fully saturated rings. The highest BCUT2D eigenvalue weighted by Crippen LogP contribution is 2.24. The Morgan fingerprint density at radius 1 is 1.12 bits per heavy atom. The molecule has 9 heteroatoms. The topological polar surface area (TPSA) is 122 Å². The number of nitrogens with zero attached hydrogens (tertiary/aromatic N) is 3. The minimum atomic E-state index is -4.17. The summed E-state index contributed by atoms with van der Waals surface area (Å²) in [4.78, 5) is 0. The van der Waals surface area contributed by atoms with E-state index in [1.54, 1.807) is 22.9 Å². The molecule has 0 unspecified atom stereocenters. The number of hydrogen-bond donors (Lipinski definition) is 2. The molecule has 0 aliphatic heterocycles. The first-order chi connectivity index (χ1) is 11.8. The van der Waals surface area contributed by atoms with Gasteiger partial charge in [0.1, 0.15) is 11.9 Å². The molecule has 1 heterocycles. The van der Waals surface area contributed by atoms with Crippen LogP contribution in [0.4, 0.5) is 4.39 Å². The summed E-state index contributed by atoms with van der Waals surface area (Å²) in [5.41, 5.74) is 2.75. The van der Waals surface area contributed by atoms with Crippen molar-refractivity contribution in [3.8, 4) is 23.0 Å². The van der Waals surface area contributed by atoms with E-state index in [-0.39, 0.29) is 5.82 Å². The highest BCUT2D eigenvalue weighted by Gasteiger charge is 2.11. The SMILES string of the molecule is N#Cc1cc(-c2ccc(F)cc2)n(-c2ccccc2)n1.NS(=O)(=O)O. The van der Waals surface area contributed by atoms with E-state index in [2.05, 4.69) is 10.2 Å². The molecule has 1 aromatic heterocycles. The summed E-state index contributed by atoms with van der Waals surface area (Å²) >= 11 is 0. The third-order valence-corrected chi connectivity index (χ3v) is 2.96. The standard InChI is InChI=1S/C16H10FN3.H3NO3S/c17-13-8-6-12(7-9-13)16-10-14(11-18)19-20(16)15-4-2-1-3-5-15;1-5(2,3)4/h1-10H;(H3,1,2,3,4). The van der Waals surface area contributed by atoms with Crippen molar-refractivity contribution in [2.45, 2.75) is 0 Å². The van der Waals surface area contributed by atoms with E-state index < -0.39 is 10.3 Å². The zero-order valence-corrected chi connectivity index (χ0v) is 13.6. The largest absolute Gasteiger partial charge is 0.330 e. The maximum Gasteiger partial charge on any atom is 0.330 e. The van der Waals surface area contributed by atoms with E-state index in [9.17, 15) is 4.39 Å². The van der Waals surface area contributed by atoms with Crippen molar-refractivity contribution in [2.24, 2.45) is 5.14 Å². The Bertz CT molecular complexity index is 986. The summed E-state index contributed by atoms with van der Waals surface area (Å²) in [6.45, 7) is 0. The molecule has 7 nitrogen and oxygen atoms in total. The van der Waals surface area contributed by atoms with Crippen LogP contribution < -0.4 is 5.14 Å². The van der Waals surface area contributed by atoms with Crippen molar-refractivity contribution in [1.29, 1.82) is 5.26 Å². The van der Waals surface area contributed by atoms with Gasteiger partial charge < -0.3 is 0 Å². The molecule has 25 heavy (non-hydrogen) atoms. The van der Waals surface area contributed by atoms with Gasteiger partial charge in [0, 0.05) is 11.6 Å². The molecule has 0 saturated carbocycles. The van der Waals surface area contributed by atoms with Gasteiger partial charge in [-0.2, -0.15) is 18.8 Å². The number of halogens is 1. The summed E-state index contributed by atoms with van der Waals surface area (Å²) in [6.07, 6.45) is 0. The Hall–Kier alpha value is -3.06. The van der Waals surface area contributed by atoms with E-state index >= 15 is 0 Å². The van der Waals surface area contributed by atoms with Gasteiger partial charge in [0.05, 0.1) is 11.4 Å². The Labute approximate surface area is 143 Å². The van der Waals surface area contributed by atoms with Crippen molar-refractivity contribution in [3.63, 3.8) is 0 Å². The smallest absolute Gasteiger partial charge is 0.274 e. The van der Waals surface area contributed by atoms with Gasteiger partial charge in [-0.1, -0.05) is 18.2 Å². The normalized spacial score (nSPS) is 10.5. The van der Waals surface area contributed by atoms with Crippen LogP contribution in [0.3, 0.4) is 0 Å². The van der Waals surface area contributed by atoms with E-state index in [4.69, 9.17) is 18.2 Å². The molecular formula is C16H13FN4O3S. The Balaban J connectivity index is 0.000000399. The van der Waals surface area contributed by atoms with Crippen LogP contribution in [0.1, 0.15) is 5.69 Å². The molecule has 3 N–H and O–H groups in total. The fourth-order valence-electron chi connectivity index (χ4n) is 2.03. The molecule has 0 aliphatic rings. The number of para-hydroxylation sites is 1. The van der Waals surface area contributed by atoms with Gasteiger partial charge in [-0.25, -0.2) is 14.2 Å². The van der Waals surface area contributed by atoms with Crippen LogP contribution in [0.2, 0.25) is 0 Å². The van der Waals surface area contributed by atoms with Crippen molar-refractivity contribution in [2.75, 3.05) is 0 Å². The van der Waals surface area contributed by atoms with Gasteiger partial charge in [0.15, 0.2) is 5.69 Å². The molecule has 3 rings (SSSR count). The highest BCUT2D eigenvalue weighted by molar-refractivity contribution is 7.83. The van der Waals surface area contributed by atoms with Crippen molar-refractivity contribution >= 4 is 10.3 Å². The van der Waals surface area contributed by atoms with Crippen LogP contribution in [0.15, 0.2) is 60.7 Å². The van der Waals surface area contributed by atoms with E-state index in [0.29, 0.717) is 5.69 Å². The molecule has 0 radical (unpaired) electrons. The van der Waals surface area contributed by atoms with Gasteiger partial charge in [-0.15, -0.1) is 0 Å². The second-order valence-electron chi connectivity index (χ2n) is 4.80. The van der Waals surface area contributed by atoms with Crippen LogP contribution >= 0.6 is 0 Å². The van der Waals surface area contributed by atoms with Crippen molar-refractivity contribution in [1.82, 2.24) is 9.78 Å². The summed E-state index contributed by atoms with van der Waals surface area (Å²) in [5, 5.41) is 17.2. The Kier molecular flexibility index (Phi) is 5.61. The lowest BCUT2D eigenvalue weighted by Crippen LogP contribution is -2.08. The lowest BCUT2D eigenvalue weighted by Gasteiger charge is -2.07. The first-order valence-corrected chi connectivity index (χ1v) is 8.35. The van der Waals surface area contributed by atoms with E-state index in [1.165, 1.54) is 12.1 Å². The van der Waals surface area contributed by atoms with Crippen LogP contribution in [0.5, 0.6) is 0 Å². The van der Waals surface area contributed by atoms with Gasteiger partial charge in [-0.05, 0) is 36.4 Å². The molecule has 0 bridgehead atoms. The van der Waals surface area contributed by atoms with Crippen molar-refractivity contribution < 1.29 is 17.4 Å². The number of hydrogen-bond acceptors (Lipinski definition) is 4. The average Bonchev–Trinajstić information content (AvgIpc) is 2.99. The second kappa shape index (κ2) is 7.67. The molecular weight excluding hydrogens is 347 g/mol. The van der Waals surface area contributed by atoms with Gasteiger partial charge in [0.2, 0.25) is 0 Å². The lowest BCUT2D eigenvalue weighted by molar-refractivity contribution is 0.485. The summed E-state index contributed by atoms with van der Waals surface area (Å²) in [6, 6.07) is 19.4. The lowest BCUT2D eigenvalue weighted by atomic mass is 10.1. The number of nitrogens with two attached hydrogens (primary N) is 1. The minimum Gasteiger partial charge on any atom is -0.274 e. The van der Waals surface area contributed by atoms with Gasteiger partial charge in [0.25, 0.3) is 0 Å². The third kappa shape index (κ3) is 5.50. The molecule has 0 spiro atoms. The van der Waals surface area contributed by atoms with Gasteiger partial charge in [-0.3, -0.25) is 4.55 Å². The van der Waals surface area contributed by atoms with Crippen LogP contribution in [-0.2, 0) is 10.3 Å². The summed E-state index contributed by atoms with van der Waals surface area (Å²) in [5.74, 6) is -0.292. The second-order valence-corrected chi connectivity index (χ2v) is 5.83. The maximum atomic E-state index is 13.0. The molecule has 0 saturated heterocycles. The zero-order chi connectivity index (χ0) is 18.4. The fraction of sp³-hybridized carbons (Fsp3) is 0. The maximum absolute atomic E-state index is 13.0. The zero-order valence-electron chi connectivity index (χ0n) is 12.7. The number of nitriles is 1. The number of benzene rings is 2. The predicted molar refractivity (Wildman–Crippen MR) is 89.4 cm³/mol. The molecule has 2 aromatic carbocycles. The van der Waals surface area contributed by atoms with Gasteiger partial charge >= 0.3 is 10.3 Å². The summed E-state index contributed by atoms with van der Waals surface area (Å²) in [7, 11) is -4.17. The average molecular weight is 360 g/mol. The fourth-order valence-corrected chi connectivity index (χ4v) is 2.03. The first-order valence-electron chi connectivity index (χ1n) is 6.84. The predicted octanol–water partition coefficient (Wildman–Crippen LogP) is 2.30. The Morgan fingerprint density at radius 3 is 2.20 bits per heavy atom. The Morgan fingerprint density at radius 2 is 1.68 bits per heavy atom. The van der Waals surface area contributed by atoms with E-state index in [0.717, 1.165) is 16.9 Å². The number of rotatable bonds is 2. The first kappa shape index (κ1) is 18.3. The quantitative estimate of drug-likeness (QED) is 0.679. The third-order valence-electron chi connectivity index (χ3n) is 2.96. The van der Waals surface area contributed by atoms with E-state index in [1.807, 2.05) is 36.4 Å². The number of aromatic nitrogens is 2. The van der Waals surface area contributed by atoms with Crippen LogP contribution in [0.25, 0.3) is 16.9 Å². The minimum absolute atomic E-state index is 0.292. The molecule has 0 amide bonds. The molecule has 0 aliphatic carbocycles.